The Labute approximate surface area is 160 Å². The molecule has 0 saturated heterocycles. The highest BCUT2D eigenvalue weighted by Gasteiger charge is 2.10. The fourth-order valence-electron chi connectivity index (χ4n) is 3.00. The molecule has 4 aromatic rings. The van der Waals surface area contributed by atoms with Crippen LogP contribution in [-0.4, -0.2) is 19.7 Å². The van der Waals surface area contributed by atoms with Crippen molar-refractivity contribution in [2.75, 3.05) is 0 Å². The first-order chi connectivity index (χ1) is 13.0. The molecule has 0 fully saturated rings. The standard InChI is InChI=1S/C21H16ClN3O2/c1-14-12-19(26)25-11-10-24(21(25)23-14)13-15-2-4-16(5-3-15)20(27)17-6-8-18(22)9-7-17/h2-12H,13H2,1H3. The van der Waals surface area contributed by atoms with E-state index < -0.39 is 0 Å². The summed E-state index contributed by atoms with van der Waals surface area (Å²) < 4.78 is 3.43. The largest absolute Gasteiger partial charge is 0.312 e. The number of nitrogens with zero attached hydrogens (tertiary/aromatic N) is 3. The Kier molecular flexibility index (Phi) is 4.38. The van der Waals surface area contributed by atoms with Gasteiger partial charge in [-0.05, 0) is 36.8 Å². The van der Waals surface area contributed by atoms with E-state index in [9.17, 15) is 9.59 Å². The van der Waals surface area contributed by atoms with Gasteiger partial charge in [-0.15, -0.1) is 0 Å². The molecule has 0 saturated carbocycles. The van der Waals surface area contributed by atoms with Gasteiger partial charge in [0.25, 0.3) is 5.56 Å². The van der Waals surface area contributed by atoms with Crippen molar-refractivity contribution in [2.45, 2.75) is 13.5 Å². The fraction of sp³-hybridized carbons (Fsp3) is 0.0952. The van der Waals surface area contributed by atoms with Gasteiger partial charge in [0, 0.05) is 40.3 Å². The Bertz CT molecular complexity index is 1190. The summed E-state index contributed by atoms with van der Waals surface area (Å²) in [6.45, 7) is 2.36. The summed E-state index contributed by atoms with van der Waals surface area (Å²) in [4.78, 5) is 29.0. The van der Waals surface area contributed by atoms with Crippen LogP contribution in [0.3, 0.4) is 0 Å². The molecule has 2 aromatic carbocycles. The van der Waals surface area contributed by atoms with Crippen molar-refractivity contribution < 1.29 is 4.79 Å². The van der Waals surface area contributed by atoms with Gasteiger partial charge in [0.2, 0.25) is 5.78 Å². The Morgan fingerprint density at radius 3 is 2.30 bits per heavy atom. The van der Waals surface area contributed by atoms with E-state index in [0.717, 1.165) is 5.56 Å². The number of hydrogen-bond acceptors (Lipinski definition) is 3. The van der Waals surface area contributed by atoms with Crippen LogP contribution in [0.1, 0.15) is 27.2 Å². The monoisotopic (exact) mass is 377 g/mol. The van der Waals surface area contributed by atoms with Gasteiger partial charge in [-0.1, -0.05) is 35.9 Å². The number of carbonyl (C=O) groups excluding carboxylic acids is 1. The Morgan fingerprint density at radius 1 is 1.00 bits per heavy atom. The number of aromatic nitrogens is 3. The molecule has 0 radical (unpaired) electrons. The third kappa shape index (κ3) is 3.41. The summed E-state index contributed by atoms with van der Waals surface area (Å²) in [5.74, 6) is 0.551. The average molecular weight is 378 g/mol. The number of benzene rings is 2. The fourth-order valence-corrected chi connectivity index (χ4v) is 3.12. The van der Waals surface area contributed by atoms with Gasteiger partial charge in [0.1, 0.15) is 0 Å². The second-order valence-corrected chi connectivity index (χ2v) is 6.80. The van der Waals surface area contributed by atoms with E-state index in [2.05, 4.69) is 4.98 Å². The van der Waals surface area contributed by atoms with E-state index in [1.807, 2.05) is 35.0 Å². The van der Waals surface area contributed by atoms with E-state index in [4.69, 9.17) is 11.6 Å². The van der Waals surface area contributed by atoms with Crippen molar-refractivity contribution >= 4 is 23.2 Å². The average Bonchev–Trinajstić information content (AvgIpc) is 3.05. The highest BCUT2D eigenvalue weighted by molar-refractivity contribution is 6.30. The van der Waals surface area contributed by atoms with Crippen molar-refractivity contribution in [1.82, 2.24) is 14.0 Å². The summed E-state index contributed by atoms with van der Waals surface area (Å²) in [6.07, 6.45) is 3.54. The molecule has 0 aliphatic carbocycles. The molecule has 0 aliphatic heterocycles. The van der Waals surface area contributed by atoms with Crippen molar-refractivity contribution in [2.24, 2.45) is 0 Å². The van der Waals surface area contributed by atoms with Crippen LogP contribution in [0.2, 0.25) is 5.02 Å². The summed E-state index contributed by atoms with van der Waals surface area (Å²) >= 11 is 5.87. The lowest BCUT2D eigenvalue weighted by Crippen LogP contribution is -2.14. The molecular formula is C21H16ClN3O2. The third-order valence-electron chi connectivity index (χ3n) is 4.39. The molecule has 134 valence electrons. The van der Waals surface area contributed by atoms with Crippen LogP contribution in [0.5, 0.6) is 0 Å². The van der Waals surface area contributed by atoms with Crippen LogP contribution in [0, 0.1) is 6.92 Å². The number of hydrogen-bond donors (Lipinski definition) is 0. The van der Waals surface area contributed by atoms with Crippen molar-refractivity contribution in [3.05, 3.63) is 105 Å². The van der Waals surface area contributed by atoms with Crippen LogP contribution >= 0.6 is 11.6 Å². The molecule has 0 atom stereocenters. The normalized spacial score (nSPS) is 11.0. The number of imidazole rings is 1. The Hall–Kier alpha value is -3.18. The van der Waals surface area contributed by atoms with Gasteiger partial charge in [-0.3, -0.25) is 14.0 Å². The van der Waals surface area contributed by atoms with Gasteiger partial charge in [0.15, 0.2) is 5.78 Å². The number of fused-ring (bicyclic) bond motifs is 1. The molecule has 27 heavy (non-hydrogen) atoms. The topological polar surface area (TPSA) is 56.4 Å². The molecule has 2 aromatic heterocycles. The second-order valence-electron chi connectivity index (χ2n) is 6.36. The van der Waals surface area contributed by atoms with E-state index >= 15 is 0 Å². The van der Waals surface area contributed by atoms with Crippen molar-refractivity contribution in [3.8, 4) is 0 Å². The smallest absolute Gasteiger partial charge is 0.259 e. The SMILES string of the molecule is Cc1cc(=O)n2ccn(Cc3ccc(C(=O)c4ccc(Cl)cc4)cc3)c2n1. The molecule has 4 rings (SSSR count). The first-order valence-corrected chi connectivity index (χ1v) is 8.83. The van der Waals surface area contributed by atoms with Gasteiger partial charge in [0.05, 0.1) is 6.54 Å². The van der Waals surface area contributed by atoms with Crippen molar-refractivity contribution in [3.63, 3.8) is 0 Å². The van der Waals surface area contributed by atoms with Gasteiger partial charge in [-0.2, -0.15) is 0 Å². The zero-order valence-electron chi connectivity index (χ0n) is 14.6. The van der Waals surface area contributed by atoms with Crippen LogP contribution < -0.4 is 5.56 Å². The molecule has 2 heterocycles. The lowest BCUT2D eigenvalue weighted by molar-refractivity contribution is 0.103. The molecule has 0 aliphatic rings. The summed E-state index contributed by atoms with van der Waals surface area (Å²) in [5.41, 5.74) is 2.81. The quantitative estimate of drug-likeness (QED) is 0.509. The van der Waals surface area contributed by atoms with Crippen LogP contribution in [0.15, 0.2) is 71.8 Å². The molecular weight excluding hydrogens is 362 g/mol. The van der Waals surface area contributed by atoms with Gasteiger partial charge >= 0.3 is 0 Å². The van der Waals surface area contributed by atoms with Crippen LogP contribution in [0.25, 0.3) is 5.78 Å². The highest BCUT2D eigenvalue weighted by Crippen LogP contribution is 2.15. The maximum absolute atomic E-state index is 12.5. The van der Waals surface area contributed by atoms with E-state index in [1.54, 1.807) is 37.4 Å². The zero-order valence-corrected chi connectivity index (χ0v) is 15.3. The maximum atomic E-state index is 12.5. The first kappa shape index (κ1) is 17.2. The Balaban J connectivity index is 1.59. The van der Waals surface area contributed by atoms with Gasteiger partial charge in [-0.25, -0.2) is 4.98 Å². The van der Waals surface area contributed by atoms with Crippen LogP contribution in [-0.2, 0) is 6.54 Å². The molecule has 0 amide bonds. The lowest BCUT2D eigenvalue weighted by atomic mass is 10.0. The number of rotatable bonds is 4. The summed E-state index contributed by atoms with van der Waals surface area (Å²) in [7, 11) is 0. The predicted octanol–water partition coefficient (Wildman–Crippen LogP) is 3.74. The number of ketones is 1. The Morgan fingerprint density at radius 2 is 1.63 bits per heavy atom. The summed E-state index contributed by atoms with van der Waals surface area (Å²) in [5, 5.41) is 0.601. The van der Waals surface area contributed by atoms with E-state index in [1.165, 1.54) is 10.5 Å². The lowest BCUT2D eigenvalue weighted by Gasteiger charge is -2.07. The number of halogens is 1. The molecule has 0 bridgehead atoms. The molecule has 6 heteroatoms. The minimum absolute atomic E-state index is 0.0477. The highest BCUT2D eigenvalue weighted by atomic mass is 35.5. The minimum Gasteiger partial charge on any atom is -0.312 e. The van der Waals surface area contributed by atoms with E-state index in [0.29, 0.717) is 34.2 Å². The van der Waals surface area contributed by atoms with Gasteiger partial charge < -0.3 is 4.57 Å². The predicted molar refractivity (Wildman–Crippen MR) is 105 cm³/mol. The first-order valence-electron chi connectivity index (χ1n) is 8.45. The number of aryl methyl sites for hydroxylation is 1. The maximum Gasteiger partial charge on any atom is 0.259 e. The molecule has 0 unspecified atom stereocenters. The van der Waals surface area contributed by atoms with Crippen molar-refractivity contribution in [1.29, 1.82) is 0 Å². The van der Waals surface area contributed by atoms with E-state index in [-0.39, 0.29) is 11.3 Å². The van der Waals surface area contributed by atoms with Crippen LogP contribution in [0.4, 0.5) is 0 Å². The minimum atomic E-state index is -0.0971. The zero-order chi connectivity index (χ0) is 19.0. The second kappa shape index (κ2) is 6.85. The summed E-state index contributed by atoms with van der Waals surface area (Å²) in [6, 6.07) is 15.8. The number of carbonyl (C=O) groups is 1. The third-order valence-corrected chi connectivity index (χ3v) is 4.64. The molecule has 0 N–H and O–H groups in total. The molecule has 5 nitrogen and oxygen atoms in total. The molecule has 0 spiro atoms.